The van der Waals surface area contributed by atoms with E-state index in [9.17, 15) is 0 Å². The average Bonchev–Trinajstić information content (AvgIpc) is 2.43. The molecule has 0 amide bonds. The number of hydrogen-bond acceptors (Lipinski definition) is 5. The topological polar surface area (TPSA) is 70.3 Å². The van der Waals surface area contributed by atoms with Crippen LogP contribution in [0.15, 0.2) is 30.6 Å². The Morgan fingerprint density at radius 3 is 2.58 bits per heavy atom. The van der Waals surface area contributed by atoms with Gasteiger partial charge in [0, 0.05) is 7.11 Å². The van der Waals surface area contributed by atoms with Gasteiger partial charge in [-0.3, -0.25) is 0 Å². The van der Waals surface area contributed by atoms with E-state index in [0.717, 1.165) is 17.7 Å². The van der Waals surface area contributed by atoms with Crippen LogP contribution in [0, 0.1) is 6.92 Å². The highest BCUT2D eigenvalue weighted by atomic mass is 16.5. The molecule has 2 aromatic rings. The molecule has 1 heterocycles. The number of nitrogens with two attached hydrogens (primary N) is 1. The average molecular weight is 259 g/mol. The van der Waals surface area contributed by atoms with Crippen molar-refractivity contribution in [1.82, 2.24) is 9.97 Å². The van der Waals surface area contributed by atoms with Crippen LogP contribution in [0.3, 0.4) is 0 Å². The summed E-state index contributed by atoms with van der Waals surface area (Å²) in [6.45, 7) is 2.54. The molecular formula is C14H17N3O2. The number of rotatable bonds is 5. The fraction of sp³-hybridized carbons (Fsp3) is 0.286. The minimum atomic E-state index is 0.432. The van der Waals surface area contributed by atoms with Crippen LogP contribution >= 0.6 is 0 Å². The van der Waals surface area contributed by atoms with E-state index in [1.54, 1.807) is 7.11 Å². The first-order valence-corrected chi connectivity index (χ1v) is 6.03. The van der Waals surface area contributed by atoms with Gasteiger partial charge in [-0.25, -0.2) is 9.97 Å². The van der Waals surface area contributed by atoms with Gasteiger partial charge in [-0.2, -0.15) is 0 Å². The van der Waals surface area contributed by atoms with E-state index in [0.29, 0.717) is 18.3 Å². The summed E-state index contributed by atoms with van der Waals surface area (Å²) in [6, 6.07) is 7.83. The van der Waals surface area contributed by atoms with Gasteiger partial charge in [-0.05, 0) is 31.0 Å². The predicted octanol–water partition coefficient (Wildman–Crippen LogP) is 2.35. The third-order valence-corrected chi connectivity index (χ3v) is 2.81. The van der Waals surface area contributed by atoms with Crippen molar-refractivity contribution in [2.45, 2.75) is 13.3 Å². The molecule has 19 heavy (non-hydrogen) atoms. The molecule has 0 atom stereocenters. The molecule has 0 radical (unpaired) electrons. The van der Waals surface area contributed by atoms with Gasteiger partial charge in [0.2, 0.25) is 5.88 Å². The standard InChI is InChI=1S/C14H17N3O2/c1-10-13(15)16-9-17-14(10)19-12-5-3-11(4-6-12)7-8-18-2/h3-6,9H,7-8H2,1-2H3,(H2,15,16,17). The van der Waals surface area contributed by atoms with Crippen molar-refractivity contribution < 1.29 is 9.47 Å². The number of benzene rings is 1. The van der Waals surface area contributed by atoms with Crippen molar-refractivity contribution in [3.05, 3.63) is 41.7 Å². The Morgan fingerprint density at radius 2 is 1.89 bits per heavy atom. The molecular weight excluding hydrogens is 242 g/mol. The van der Waals surface area contributed by atoms with Gasteiger partial charge in [0.15, 0.2) is 0 Å². The van der Waals surface area contributed by atoms with Crippen LogP contribution in [0.5, 0.6) is 11.6 Å². The lowest BCUT2D eigenvalue weighted by atomic mass is 10.1. The molecule has 0 aliphatic heterocycles. The van der Waals surface area contributed by atoms with E-state index < -0.39 is 0 Å². The Balaban J connectivity index is 2.09. The quantitative estimate of drug-likeness (QED) is 0.892. The summed E-state index contributed by atoms with van der Waals surface area (Å²) < 4.78 is 10.7. The molecule has 0 aliphatic carbocycles. The van der Waals surface area contributed by atoms with Gasteiger partial charge >= 0.3 is 0 Å². The lowest BCUT2D eigenvalue weighted by Gasteiger charge is -2.08. The van der Waals surface area contributed by atoms with Gasteiger partial charge in [0.05, 0.1) is 12.2 Å². The third kappa shape index (κ3) is 3.42. The number of methoxy groups -OCH3 is 1. The van der Waals surface area contributed by atoms with Crippen LogP contribution in [-0.4, -0.2) is 23.7 Å². The zero-order valence-electron chi connectivity index (χ0n) is 11.1. The number of nitrogen functional groups attached to an aromatic ring is 1. The SMILES string of the molecule is COCCc1ccc(Oc2ncnc(N)c2C)cc1. The molecule has 2 rings (SSSR count). The molecule has 0 aliphatic rings. The minimum absolute atomic E-state index is 0.432. The molecule has 0 saturated carbocycles. The second-order valence-electron chi connectivity index (χ2n) is 4.18. The Kier molecular flexibility index (Phi) is 4.30. The van der Waals surface area contributed by atoms with E-state index in [1.165, 1.54) is 11.9 Å². The number of ether oxygens (including phenoxy) is 2. The highest BCUT2D eigenvalue weighted by molar-refractivity contribution is 5.44. The van der Waals surface area contributed by atoms with Crippen molar-refractivity contribution in [3.63, 3.8) is 0 Å². The largest absolute Gasteiger partial charge is 0.439 e. The number of hydrogen-bond donors (Lipinski definition) is 1. The monoisotopic (exact) mass is 259 g/mol. The zero-order valence-corrected chi connectivity index (χ0v) is 11.1. The Hall–Kier alpha value is -2.14. The number of anilines is 1. The maximum absolute atomic E-state index is 5.71. The first kappa shape index (κ1) is 13.3. The molecule has 1 aromatic carbocycles. The lowest BCUT2D eigenvalue weighted by Crippen LogP contribution is -1.99. The molecule has 2 N–H and O–H groups in total. The van der Waals surface area contributed by atoms with E-state index in [2.05, 4.69) is 9.97 Å². The van der Waals surface area contributed by atoms with Crippen molar-refractivity contribution in [3.8, 4) is 11.6 Å². The summed E-state index contributed by atoms with van der Waals surface area (Å²) in [4.78, 5) is 7.97. The highest BCUT2D eigenvalue weighted by Crippen LogP contribution is 2.24. The normalized spacial score (nSPS) is 10.4. The van der Waals surface area contributed by atoms with Crippen LogP contribution in [0.2, 0.25) is 0 Å². The van der Waals surface area contributed by atoms with Gasteiger partial charge < -0.3 is 15.2 Å². The van der Waals surface area contributed by atoms with Crippen molar-refractivity contribution >= 4 is 5.82 Å². The second kappa shape index (κ2) is 6.15. The molecule has 0 bridgehead atoms. The summed E-state index contributed by atoms with van der Waals surface area (Å²) in [7, 11) is 1.69. The Labute approximate surface area is 112 Å². The van der Waals surface area contributed by atoms with Crippen LogP contribution in [0.1, 0.15) is 11.1 Å². The molecule has 100 valence electrons. The fourth-order valence-electron chi connectivity index (χ4n) is 1.61. The molecule has 1 aromatic heterocycles. The summed E-state index contributed by atoms with van der Waals surface area (Å²) in [5.41, 5.74) is 7.65. The van der Waals surface area contributed by atoms with Crippen molar-refractivity contribution in [2.75, 3.05) is 19.5 Å². The van der Waals surface area contributed by atoms with E-state index in [4.69, 9.17) is 15.2 Å². The first-order chi connectivity index (χ1) is 9.20. The predicted molar refractivity (Wildman–Crippen MR) is 73.3 cm³/mol. The van der Waals surface area contributed by atoms with Crippen LogP contribution in [-0.2, 0) is 11.2 Å². The molecule has 0 saturated heterocycles. The van der Waals surface area contributed by atoms with Crippen molar-refractivity contribution in [2.24, 2.45) is 0 Å². The molecule has 0 unspecified atom stereocenters. The lowest BCUT2D eigenvalue weighted by molar-refractivity contribution is 0.202. The smallest absolute Gasteiger partial charge is 0.227 e. The molecule has 0 fully saturated rings. The Bertz CT molecular complexity index is 541. The molecule has 0 spiro atoms. The maximum Gasteiger partial charge on any atom is 0.227 e. The Morgan fingerprint density at radius 1 is 1.16 bits per heavy atom. The summed E-state index contributed by atoms with van der Waals surface area (Å²) >= 11 is 0. The van der Waals surface area contributed by atoms with E-state index >= 15 is 0 Å². The van der Waals surface area contributed by atoms with Gasteiger partial charge in [0.1, 0.15) is 17.9 Å². The number of aromatic nitrogens is 2. The second-order valence-corrected chi connectivity index (χ2v) is 4.18. The molecule has 5 heteroatoms. The van der Waals surface area contributed by atoms with Gasteiger partial charge in [0.25, 0.3) is 0 Å². The molecule has 5 nitrogen and oxygen atoms in total. The minimum Gasteiger partial charge on any atom is -0.439 e. The van der Waals surface area contributed by atoms with Gasteiger partial charge in [-0.1, -0.05) is 12.1 Å². The summed E-state index contributed by atoms with van der Waals surface area (Å²) in [6.07, 6.45) is 2.28. The third-order valence-electron chi connectivity index (χ3n) is 2.81. The van der Waals surface area contributed by atoms with E-state index in [1.807, 2.05) is 31.2 Å². The number of nitrogens with zero attached hydrogens (tertiary/aromatic N) is 2. The summed E-state index contributed by atoms with van der Waals surface area (Å²) in [5, 5.41) is 0. The van der Waals surface area contributed by atoms with Crippen LogP contribution < -0.4 is 10.5 Å². The first-order valence-electron chi connectivity index (χ1n) is 6.03. The van der Waals surface area contributed by atoms with Gasteiger partial charge in [-0.15, -0.1) is 0 Å². The highest BCUT2D eigenvalue weighted by Gasteiger charge is 2.06. The fourth-order valence-corrected chi connectivity index (χ4v) is 1.61. The van der Waals surface area contributed by atoms with E-state index in [-0.39, 0.29) is 0 Å². The van der Waals surface area contributed by atoms with Crippen LogP contribution in [0.4, 0.5) is 5.82 Å². The maximum atomic E-state index is 5.71. The summed E-state index contributed by atoms with van der Waals surface area (Å²) in [5.74, 6) is 1.64. The zero-order chi connectivity index (χ0) is 13.7. The van der Waals surface area contributed by atoms with Crippen LogP contribution in [0.25, 0.3) is 0 Å². The van der Waals surface area contributed by atoms with Crippen molar-refractivity contribution in [1.29, 1.82) is 0 Å².